The molecule has 0 aromatic heterocycles. The number of nitrogens with one attached hydrogen (secondary N) is 3. The van der Waals surface area contributed by atoms with Gasteiger partial charge in [-0.25, -0.2) is 0 Å². The van der Waals surface area contributed by atoms with Crippen LogP contribution >= 0.6 is 11.6 Å². The molecular formula is C21H27ClN4O. The van der Waals surface area contributed by atoms with Crippen LogP contribution in [0.1, 0.15) is 27.0 Å². The Morgan fingerprint density at radius 3 is 2.26 bits per heavy atom. The lowest BCUT2D eigenvalue weighted by Crippen LogP contribution is -2.42. The van der Waals surface area contributed by atoms with Gasteiger partial charge in [0.2, 0.25) is 0 Å². The lowest BCUT2D eigenvalue weighted by molar-refractivity contribution is 0.0954. The van der Waals surface area contributed by atoms with Gasteiger partial charge in [-0.15, -0.1) is 0 Å². The average Bonchev–Trinajstić information content (AvgIpc) is 2.63. The third-order valence-corrected chi connectivity index (χ3v) is 4.36. The van der Waals surface area contributed by atoms with E-state index in [0.29, 0.717) is 29.6 Å². The number of aryl methyl sites for hydroxylation is 2. The molecule has 0 aliphatic heterocycles. The van der Waals surface area contributed by atoms with Gasteiger partial charge < -0.3 is 16.0 Å². The summed E-state index contributed by atoms with van der Waals surface area (Å²) in [5.41, 5.74) is 4.35. The molecule has 3 N–H and O–H groups in total. The van der Waals surface area contributed by atoms with Crippen LogP contribution < -0.4 is 16.0 Å². The number of aliphatic imine (C=N–C) groups is 1. The fourth-order valence-electron chi connectivity index (χ4n) is 2.86. The van der Waals surface area contributed by atoms with Crippen molar-refractivity contribution in [2.24, 2.45) is 4.99 Å². The second-order valence-corrected chi connectivity index (χ2v) is 6.81. The number of carbonyl (C=O) groups excluding carboxylic acids is 1. The van der Waals surface area contributed by atoms with Gasteiger partial charge in [0, 0.05) is 26.7 Å². The number of rotatable bonds is 7. The molecule has 0 bridgehead atoms. The minimum Gasteiger partial charge on any atom is -0.356 e. The van der Waals surface area contributed by atoms with E-state index in [1.807, 2.05) is 0 Å². The van der Waals surface area contributed by atoms with Crippen molar-refractivity contribution < 1.29 is 4.79 Å². The Kier molecular flexibility index (Phi) is 8.14. The van der Waals surface area contributed by atoms with Crippen molar-refractivity contribution in [1.82, 2.24) is 16.0 Å². The first kappa shape index (κ1) is 20.8. The number of hydrogen-bond donors (Lipinski definition) is 3. The Morgan fingerprint density at radius 2 is 1.59 bits per heavy atom. The predicted molar refractivity (Wildman–Crippen MR) is 113 cm³/mol. The van der Waals surface area contributed by atoms with Crippen LogP contribution in [0.15, 0.2) is 47.5 Å². The summed E-state index contributed by atoms with van der Waals surface area (Å²) in [6.07, 6.45) is 0.923. The van der Waals surface area contributed by atoms with Crippen molar-refractivity contribution in [2.75, 3.05) is 26.7 Å². The van der Waals surface area contributed by atoms with Crippen LogP contribution in [0.4, 0.5) is 0 Å². The van der Waals surface area contributed by atoms with E-state index >= 15 is 0 Å². The van der Waals surface area contributed by atoms with Crippen LogP contribution in [-0.4, -0.2) is 38.5 Å². The minimum atomic E-state index is -0.180. The van der Waals surface area contributed by atoms with Crippen molar-refractivity contribution in [3.63, 3.8) is 0 Å². The largest absolute Gasteiger partial charge is 0.356 e. The Hall–Kier alpha value is -2.53. The van der Waals surface area contributed by atoms with Crippen molar-refractivity contribution >= 4 is 23.5 Å². The van der Waals surface area contributed by atoms with Gasteiger partial charge in [-0.05, 0) is 38.0 Å². The average molecular weight is 387 g/mol. The Morgan fingerprint density at radius 1 is 0.963 bits per heavy atom. The molecule has 2 aromatic carbocycles. The number of amides is 1. The first-order chi connectivity index (χ1) is 13.0. The second-order valence-electron chi connectivity index (χ2n) is 6.41. The molecule has 0 saturated carbocycles. The monoisotopic (exact) mass is 386 g/mol. The fraction of sp³-hybridized carbons (Fsp3) is 0.333. The summed E-state index contributed by atoms with van der Waals surface area (Å²) in [4.78, 5) is 16.3. The number of hydrogen-bond acceptors (Lipinski definition) is 2. The van der Waals surface area contributed by atoms with Crippen LogP contribution in [0.25, 0.3) is 0 Å². The van der Waals surface area contributed by atoms with Crippen LogP contribution in [-0.2, 0) is 6.42 Å². The molecule has 1 amide bonds. The van der Waals surface area contributed by atoms with E-state index in [9.17, 15) is 4.79 Å². The Labute approximate surface area is 166 Å². The van der Waals surface area contributed by atoms with E-state index in [4.69, 9.17) is 11.6 Å². The van der Waals surface area contributed by atoms with Crippen LogP contribution in [0, 0.1) is 13.8 Å². The van der Waals surface area contributed by atoms with E-state index in [1.165, 1.54) is 16.7 Å². The van der Waals surface area contributed by atoms with Gasteiger partial charge in [0.25, 0.3) is 5.91 Å². The molecule has 0 radical (unpaired) electrons. The highest BCUT2D eigenvalue weighted by Crippen LogP contribution is 2.14. The van der Waals surface area contributed by atoms with Gasteiger partial charge >= 0.3 is 0 Å². The summed E-state index contributed by atoms with van der Waals surface area (Å²) in [5.74, 6) is 0.534. The SMILES string of the molecule is CN=C(NCCNC(=O)c1ccccc1Cl)NCCc1cc(C)cc(C)c1. The zero-order valence-electron chi connectivity index (χ0n) is 16.1. The summed E-state index contributed by atoms with van der Waals surface area (Å²) in [5, 5.41) is 9.78. The lowest BCUT2D eigenvalue weighted by Gasteiger charge is -2.13. The lowest BCUT2D eigenvalue weighted by atomic mass is 10.1. The number of benzene rings is 2. The molecule has 0 atom stereocenters. The molecule has 0 spiro atoms. The van der Waals surface area contributed by atoms with Gasteiger partial charge in [0.1, 0.15) is 0 Å². The summed E-state index contributed by atoms with van der Waals surface area (Å²) in [6.45, 7) is 6.05. The highest BCUT2D eigenvalue weighted by molar-refractivity contribution is 6.33. The molecule has 5 nitrogen and oxygen atoms in total. The third kappa shape index (κ3) is 6.94. The van der Waals surface area contributed by atoms with Gasteiger partial charge in [-0.1, -0.05) is 53.1 Å². The minimum absolute atomic E-state index is 0.180. The van der Waals surface area contributed by atoms with E-state index < -0.39 is 0 Å². The summed E-state index contributed by atoms with van der Waals surface area (Å²) >= 11 is 6.03. The van der Waals surface area contributed by atoms with Gasteiger partial charge in [0.05, 0.1) is 10.6 Å². The first-order valence-electron chi connectivity index (χ1n) is 9.04. The topological polar surface area (TPSA) is 65.5 Å². The highest BCUT2D eigenvalue weighted by Gasteiger charge is 2.08. The molecular weight excluding hydrogens is 360 g/mol. The van der Waals surface area contributed by atoms with Crippen LogP contribution in [0.5, 0.6) is 0 Å². The van der Waals surface area contributed by atoms with Crippen molar-refractivity contribution in [2.45, 2.75) is 20.3 Å². The molecule has 6 heteroatoms. The Bertz CT molecular complexity index is 784. The van der Waals surface area contributed by atoms with Crippen molar-refractivity contribution in [1.29, 1.82) is 0 Å². The molecule has 0 unspecified atom stereocenters. The smallest absolute Gasteiger partial charge is 0.252 e. The maximum Gasteiger partial charge on any atom is 0.252 e. The van der Waals surface area contributed by atoms with Gasteiger partial charge in [-0.3, -0.25) is 9.79 Å². The van der Waals surface area contributed by atoms with Crippen LogP contribution in [0.2, 0.25) is 5.02 Å². The van der Waals surface area contributed by atoms with E-state index in [0.717, 1.165) is 13.0 Å². The fourth-order valence-corrected chi connectivity index (χ4v) is 3.08. The third-order valence-electron chi connectivity index (χ3n) is 4.03. The molecule has 0 fully saturated rings. The molecule has 2 aromatic rings. The first-order valence-corrected chi connectivity index (χ1v) is 9.42. The summed E-state index contributed by atoms with van der Waals surface area (Å²) in [7, 11) is 1.73. The predicted octanol–water partition coefficient (Wildman–Crippen LogP) is 3.09. The number of carbonyl (C=O) groups is 1. The highest BCUT2D eigenvalue weighted by atomic mass is 35.5. The van der Waals surface area contributed by atoms with Gasteiger partial charge in [-0.2, -0.15) is 0 Å². The molecule has 2 rings (SSSR count). The number of halogens is 1. The molecule has 27 heavy (non-hydrogen) atoms. The number of nitrogens with zero attached hydrogens (tertiary/aromatic N) is 1. The molecule has 0 aliphatic carbocycles. The quantitative estimate of drug-likeness (QED) is 0.389. The zero-order chi connectivity index (χ0) is 19.6. The maximum atomic E-state index is 12.1. The normalized spacial score (nSPS) is 11.2. The molecule has 0 aliphatic rings. The van der Waals surface area contributed by atoms with Gasteiger partial charge in [0.15, 0.2) is 5.96 Å². The molecule has 0 saturated heterocycles. The van der Waals surface area contributed by atoms with E-state index in [2.05, 4.69) is 53.0 Å². The maximum absolute atomic E-state index is 12.1. The van der Waals surface area contributed by atoms with Crippen LogP contribution in [0.3, 0.4) is 0 Å². The van der Waals surface area contributed by atoms with E-state index in [1.54, 1.807) is 31.3 Å². The molecule has 144 valence electrons. The summed E-state index contributed by atoms with van der Waals surface area (Å²) < 4.78 is 0. The standard InChI is InChI=1S/C21H27ClN4O/c1-15-12-16(2)14-17(13-15)8-9-25-21(23-3)26-11-10-24-20(27)18-6-4-5-7-19(18)22/h4-7,12-14H,8-11H2,1-3H3,(H,24,27)(H2,23,25,26). The second kappa shape index (κ2) is 10.6. The van der Waals surface area contributed by atoms with Crippen molar-refractivity contribution in [3.05, 3.63) is 69.7 Å². The zero-order valence-corrected chi connectivity index (χ0v) is 16.9. The summed E-state index contributed by atoms with van der Waals surface area (Å²) in [6, 6.07) is 13.6. The molecule has 0 heterocycles. The van der Waals surface area contributed by atoms with Crippen molar-refractivity contribution in [3.8, 4) is 0 Å². The number of guanidine groups is 1. The van der Waals surface area contributed by atoms with E-state index in [-0.39, 0.29) is 5.91 Å². The Balaban J connectivity index is 1.69.